The summed E-state index contributed by atoms with van der Waals surface area (Å²) in [6.45, 7) is 2.56. The number of anilines is 1. The van der Waals surface area contributed by atoms with Crippen molar-refractivity contribution in [3.63, 3.8) is 0 Å². The lowest BCUT2D eigenvalue weighted by molar-refractivity contribution is 0.102. The fourth-order valence-electron chi connectivity index (χ4n) is 3.14. The van der Waals surface area contributed by atoms with Gasteiger partial charge in [-0.25, -0.2) is 9.67 Å². The second-order valence-electron chi connectivity index (χ2n) is 6.38. The molecule has 1 aromatic carbocycles. The van der Waals surface area contributed by atoms with Crippen LogP contribution >= 0.6 is 12.4 Å². The van der Waals surface area contributed by atoms with Crippen molar-refractivity contribution in [3.8, 4) is 0 Å². The van der Waals surface area contributed by atoms with Crippen LogP contribution in [0.5, 0.6) is 0 Å². The van der Waals surface area contributed by atoms with Crippen LogP contribution in [0.25, 0.3) is 0 Å². The fourth-order valence-corrected chi connectivity index (χ4v) is 3.14. The van der Waals surface area contributed by atoms with Gasteiger partial charge in [0.05, 0.1) is 18.8 Å². The van der Waals surface area contributed by atoms with Gasteiger partial charge in [0, 0.05) is 12.4 Å². The number of carbonyl (C=O) groups excluding carboxylic acids is 1. The van der Waals surface area contributed by atoms with Crippen LogP contribution in [0.1, 0.15) is 34.9 Å². The highest BCUT2D eigenvalue weighted by molar-refractivity contribution is 6.01. The standard InChI is InChI=1S/C18H21N7O.ClH/c26-17(16-13-25(23-22-16)15-6-8-19-9-7-15)21-18-20-10-11-24(18)12-14-4-2-1-3-5-14;/h1-5,10-11,13,15,19H,6-9,12H2,(H,20,21,26);1H. The van der Waals surface area contributed by atoms with Crippen LogP contribution in [0.3, 0.4) is 0 Å². The van der Waals surface area contributed by atoms with E-state index in [9.17, 15) is 4.79 Å². The average Bonchev–Trinajstić information content (AvgIpc) is 3.34. The summed E-state index contributed by atoms with van der Waals surface area (Å²) in [5.41, 5.74) is 1.44. The molecule has 0 bridgehead atoms. The molecule has 1 amide bonds. The molecular formula is C18H22ClN7O. The van der Waals surface area contributed by atoms with E-state index in [1.54, 1.807) is 17.1 Å². The van der Waals surface area contributed by atoms with Gasteiger partial charge in [0.1, 0.15) is 0 Å². The molecule has 0 aliphatic carbocycles. The van der Waals surface area contributed by atoms with Crippen LogP contribution < -0.4 is 10.6 Å². The topological polar surface area (TPSA) is 89.7 Å². The summed E-state index contributed by atoms with van der Waals surface area (Å²) in [7, 11) is 0. The first kappa shape index (κ1) is 19.1. The number of nitrogens with one attached hydrogen (secondary N) is 2. The maximum Gasteiger partial charge on any atom is 0.280 e. The van der Waals surface area contributed by atoms with Gasteiger partial charge in [-0.2, -0.15) is 0 Å². The van der Waals surface area contributed by atoms with Crippen LogP contribution in [0, 0.1) is 0 Å². The van der Waals surface area contributed by atoms with Crippen LogP contribution in [0.2, 0.25) is 0 Å². The number of piperidine rings is 1. The molecule has 9 heteroatoms. The summed E-state index contributed by atoms with van der Waals surface area (Å²) in [5, 5.41) is 14.3. The Morgan fingerprint density at radius 3 is 2.78 bits per heavy atom. The van der Waals surface area contributed by atoms with Crippen LogP contribution in [0.15, 0.2) is 48.9 Å². The Morgan fingerprint density at radius 2 is 2.00 bits per heavy atom. The minimum atomic E-state index is -0.300. The Bertz CT molecular complexity index is 871. The van der Waals surface area contributed by atoms with E-state index in [2.05, 4.69) is 25.9 Å². The molecule has 142 valence electrons. The third kappa shape index (κ3) is 4.53. The van der Waals surface area contributed by atoms with Crippen LogP contribution in [-0.4, -0.2) is 43.5 Å². The number of hydrogen-bond donors (Lipinski definition) is 2. The number of benzene rings is 1. The minimum Gasteiger partial charge on any atom is -0.317 e. The molecule has 2 aromatic heterocycles. The molecule has 0 saturated carbocycles. The molecule has 1 saturated heterocycles. The number of amides is 1. The second kappa shape index (κ2) is 8.79. The molecule has 8 nitrogen and oxygen atoms in total. The van der Waals surface area contributed by atoms with Gasteiger partial charge in [0.15, 0.2) is 5.69 Å². The van der Waals surface area contributed by atoms with Crippen molar-refractivity contribution < 1.29 is 4.79 Å². The van der Waals surface area contributed by atoms with Crippen molar-refractivity contribution in [2.75, 3.05) is 18.4 Å². The first-order valence-corrected chi connectivity index (χ1v) is 8.78. The highest BCUT2D eigenvalue weighted by Gasteiger charge is 2.19. The van der Waals surface area contributed by atoms with Crippen molar-refractivity contribution >= 4 is 24.3 Å². The lowest BCUT2D eigenvalue weighted by Gasteiger charge is -2.22. The van der Waals surface area contributed by atoms with Gasteiger partial charge in [0.25, 0.3) is 5.91 Å². The molecule has 0 atom stereocenters. The zero-order valence-electron chi connectivity index (χ0n) is 14.8. The Balaban J connectivity index is 0.00000210. The van der Waals surface area contributed by atoms with E-state index in [0.717, 1.165) is 31.5 Å². The highest BCUT2D eigenvalue weighted by atomic mass is 35.5. The van der Waals surface area contributed by atoms with Gasteiger partial charge in [-0.15, -0.1) is 17.5 Å². The van der Waals surface area contributed by atoms with E-state index < -0.39 is 0 Å². The van der Waals surface area contributed by atoms with Gasteiger partial charge in [0.2, 0.25) is 5.95 Å². The smallest absolute Gasteiger partial charge is 0.280 e. The summed E-state index contributed by atoms with van der Waals surface area (Å²) in [6, 6.07) is 10.3. The molecule has 1 aliphatic rings. The number of imidazole rings is 1. The van der Waals surface area contributed by atoms with Crippen molar-refractivity contribution in [3.05, 3.63) is 60.2 Å². The summed E-state index contributed by atoms with van der Waals surface area (Å²) < 4.78 is 3.69. The summed E-state index contributed by atoms with van der Waals surface area (Å²) in [6.07, 6.45) is 7.21. The van der Waals surface area contributed by atoms with Crippen molar-refractivity contribution in [2.24, 2.45) is 0 Å². The van der Waals surface area contributed by atoms with E-state index >= 15 is 0 Å². The molecule has 4 rings (SSSR count). The molecule has 2 N–H and O–H groups in total. The number of nitrogens with zero attached hydrogens (tertiary/aromatic N) is 5. The van der Waals surface area contributed by atoms with E-state index in [-0.39, 0.29) is 18.3 Å². The lowest BCUT2D eigenvalue weighted by Crippen LogP contribution is -2.29. The Morgan fingerprint density at radius 1 is 1.22 bits per heavy atom. The second-order valence-corrected chi connectivity index (χ2v) is 6.38. The van der Waals surface area contributed by atoms with Gasteiger partial charge >= 0.3 is 0 Å². The van der Waals surface area contributed by atoms with Crippen LogP contribution in [0.4, 0.5) is 5.95 Å². The molecule has 0 radical (unpaired) electrons. The number of carbonyl (C=O) groups is 1. The summed E-state index contributed by atoms with van der Waals surface area (Å²) in [4.78, 5) is 16.8. The maximum absolute atomic E-state index is 12.5. The summed E-state index contributed by atoms with van der Waals surface area (Å²) >= 11 is 0. The molecular weight excluding hydrogens is 366 g/mol. The quantitative estimate of drug-likeness (QED) is 0.700. The zero-order chi connectivity index (χ0) is 17.8. The Kier molecular flexibility index (Phi) is 6.20. The first-order valence-electron chi connectivity index (χ1n) is 8.78. The third-order valence-corrected chi connectivity index (χ3v) is 4.56. The maximum atomic E-state index is 12.5. The van der Waals surface area contributed by atoms with E-state index in [0.29, 0.717) is 24.2 Å². The molecule has 1 fully saturated rings. The Labute approximate surface area is 163 Å². The predicted octanol–water partition coefficient (Wildman–Crippen LogP) is 2.12. The van der Waals surface area contributed by atoms with E-state index in [1.165, 1.54) is 0 Å². The average molecular weight is 388 g/mol. The SMILES string of the molecule is Cl.O=C(Nc1nccn1Cc1ccccc1)c1cn(C2CCNCC2)nn1. The number of halogens is 1. The molecule has 1 aliphatic heterocycles. The summed E-state index contributed by atoms with van der Waals surface area (Å²) in [5.74, 6) is 0.195. The zero-order valence-corrected chi connectivity index (χ0v) is 15.6. The molecule has 3 aromatic rings. The van der Waals surface area contributed by atoms with Gasteiger partial charge in [-0.05, 0) is 31.5 Å². The first-order chi connectivity index (χ1) is 12.8. The van der Waals surface area contributed by atoms with Crippen molar-refractivity contribution in [1.29, 1.82) is 0 Å². The Hall–Kier alpha value is -2.71. The molecule has 27 heavy (non-hydrogen) atoms. The minimum absolute atomic E-state index is 0. The number of aromatic nitrogens is 5. The van der Waals surface area contributed by atoms with Crippen molar-refractivity contribution in [1.82, 2.24) is 29.9 Å². The van der Waals surface area contributed by atoms with Gasteiger partial charge in [-0.3, -0.25) is 10.1 Å². The largest absolute Gasteiger partial charge is 0.317 e. The normalized spacial score (nSPS) is 14.5. The van der Waals surface area contributed by atoms with E-state index in [4.69, 9.17) is 0 Å². The van der Waals surface area contributed by atoms with Crippen molar-refractivity contribution in [2.45, 2.75) is 25.4 Å². The lowest BCUT2D eigenvalue weighted by atomic mass is 10.1. The third-order valence-electron chi connectivity index (χ3n) is 4.56. The number of rotatable bonds is 5. The molecule has 0 spiro atoms. The number of hydrogen-bond acceptors (Lipinski definition) is 5. The highest BCUT2D eigenvalue weighted by Crippen LogP contribution is 2.17. The molecule has 3 heterocycles. The van der Waals surface area contributed by atoms with Crippen LogP contribution in [-0.2, 0) is 6.54 Å². The van der Waals surface area contributed by atoms with Gasteiger partial charge in [-0.1, -0.05) is 35.5 Å². The predicted molar refractivity (Wildman–Crippen MR) is 104 cm³/mol. The fraction of sp³-hybridized carbons (Fsp3) is 0.333. The van der Waals surface area contributed by atoms with E-state index in [1.807, 2.05) is 41.1 Å². The monoisotopic (exact) mass is 387 g/mol. The van der Waals surface area contributed by atoms with Gasteiger partial charge < -0.3 is 9.88 Å². The molecule has 0 unspecified atom stereocenters.